The normalized spacial score (nSPS) is 24.8. The molecule has 0 aromatic heterocycles. The molecule has 2 heterocycles. The molecule has 0 N–H and O–H groups in total. The summed E-state index contributed by atoms with van der Waals surface area (Å²) in [5.74, 6) is 0.335. The van der Waals surface area contributed by atoms with Gasteiger partial charge in [0.25, 0.3) is 0 Å². The van der Waals surface area contributed by atoms with Crippen molar-refractivity contribution in [3.05, 3.63) is 34.9 Å². The molecule has 0 spiro atoms. The molecule has 0 radical (unpaired) electrons. The summed E-state index contributed by atoms with van der Waals surface area (Å²) >= 11 is 6.03. The van der Waals surface area contributed by atoms with Gasteiger partial charge in [-0.3, -0.25) is 9.69 Å². The van der Waals surface area contributed by atoms with Crippen molar-refractivity contribution in [1.29, 1.82) is 0 Å². The lowest BCUT2D eigenvalue weighted by Gasteiger charge is -2.47. The quantitative estimate of drug-likeness (QED) is 0.828. The Morgan fingerprint density at radius 2 is 1.68 bits per heavy atom. The van der Waals surface area contributed by atoms with Crippen LogP contribution in [0.5, 0.6) is 0 Å². The number of carbonyl (C=O) groups is 1. The molecule has 2 saturated heterocycles. The number of morpholine rings is 1. The Morgan fingerprint density at radius 1 is 1.04 bits per heavy atom. The lowest BCUT2D eigenvalue weighted by atomic mass is 9.63. The van der Waals surface area contributed by atoms with Crippen molar-refractivity contribution in [2.45, 2.75) is 43.6 Å². The van der Waals surface area contributed by atoms with Crippen LogP contribution in [0.1, 0.15) is 37.7 Å². The van der Waals surface area contributed by atoms with Crippen LogP contribution in [-0.2, 0) is 14.9 Å². The van der Waals surface area contributed by atoms with Crippen LogP contribution < -0.4 is 0 Å². The molecule has 1 aliphatic carbocycles. The third-order valence-electron chi connectivity index (χ3n) is 6.33. The molecule has 5 heteroatoms. The van der Waals surface area contributed by atoms with Crippen LogP contribution in [0.3, 0.4) is 0 Å². The zero-order chi connectivity index (χ0) is 17.3. The maximum atomic E-state index is 13.3. The molecule has 25 heavy (non-hydrogen) atoms. The SMILES string of the molecule is O=C(N1CCC(N2CCOCC2)CC1)C1(c2ccc(Cl)cc2)CCC1. The average Bonchev–Trinajstić information content (AvgIpc) is 2.63. The number of ether oxygens (including phenoxy) is 1. The van der Waals surface area contributed by atoms with Gasteiger partial charge in [-0.05, 0) is 43.4 Å². The van der Waals surface area contributed by atoms with Gasteiger partial charge in [0.2, 0.25) is 5.91 Å². The first kappa shape index (κ1) is 17.3. The first-order valence-electron chi connectivity index (χ1n) is 9.56. The Kier molecular flexibility index (Phi) is 5.03. The van der Waals surface area contributed by atoms with Crippen LogP contribution in [-0.4, -0.2) is 61.1 Å². The molecule has 1 aromatic carbocycles. The van der Waals surface area contributed by atoms with Crippen molar-refractivity contribution in [2.75, 3.05) is 39.4 Å². The molecule has 3 fully saturated rings. The zero-order valence-corrected chi connectivity index (χ0v) is 15.5. The Hall–Kier alpha value is -1.10. The summed E-state index contributed by atoms with van der Waals surface area (Å²) in [7, 11) is 0. The molecule has 1 saturated carbocycles. The average molecular weight is 363 g/mol. The number of hydrogen-bond acceptors (Lipinski definition) is 3. The highest BCUT2D eigenvalue weighted by atomic mass is 35.5. The van der Waals surface area contributed by atoms with E-state index >= 15 is 0 Å². The molecule has 1 aromatic rings. The highest BCUT2D eigenvalue weighted by Crippen LogP contribution is 2.45. The summed E-state index contributed by atoms with van der Waals surface area (Å²) in [5.41, 5.74) is 0.847. The lowest BCUT2D eigenvalue weighted by Crippen LogP contribution is -2.55. The van der Waals surface area contributed by atoms with Gasteiger partial charge in [-0.15, -0.1) is 0 Å². The van der Waals surface area contributed by atoms with Gasteiger partial charge in [0.15, 0.2) is 0 Å². The molecule has 1 amide bonds. The van der Waals surface area contributed by atoms with Gasteiger partial charge < -0.3 is 9.64 Å². The Morgan fingerprint density at radius 3 is 2.24 bits per heavy atom. The minimum atomic E-state index is -0.295. The van der Waals surface area contributed by atoms with E-state index in [0.29, 0.717) is 11.9 Å². The lowest BCUT2D eigenvalue weighted by molar-refractivity contribution is -0.142. The number of carbonyl (C=O) groups excluding carboxylic acids is 1. The van der Waals surface area contributed by atoms with E-state index in [1.54, 1.807) is 0 Å². The van der Waals surface area contributed by atoms with Crippen LogP contribution in [0.4, 0.5) is 0 Å². The van der Waals surface area contributed by atoms with E-state index in [9.17, 15) is 4.79 Å². The number of piperidine rings is 1. The number of halogens is 1. The number of hydrogen-bond donors (Lipinski definition) is 0. The third kappa shape index (κ3) is 3.32. The topological polar surface area (TPSA) is 32.8 Å². The van der Waals surface area contributed by atoms with Gasteiger partial charge >= 0.3 is 0 Å². The molecular weight excluding hydrogens is 336 g/mol. The Labute approximate surface area is 155 Å². The summed E-state index contributed by atoms with van der Waals surface area (Å²) < 4.78 is 5.46. The van der Waals surface area contributed by atoms with E-state index in [1.165, 1.54) is 0 Å². The molecule has 4 nitrogen and oxygen atoms in total. The smallest absolute Gasteiger partial charge is 0.233 e. The van der Waals surface area contributed by atoms with E-state index in [0.717, 1.165) is 82.1 Å². The highest BCUT2D eigenvalue weighted by molar-refractivity contribution is 6.30. The zero-order valence-electron chi connectivity index (χ0n) is 14.8. The second-order valence-corrected chi connectivity index (χ2v) is 8.05. The summed E-state index contributed by atoms with van der Waals surface area (Å²) in [6, 6.07) is 8.52. The van der Waals surface area contributed by atoms with Crippen molar-refractivity contribution >= 4 is 17.5 Å². The summed E-state index contributed by atoms with van der Waals surface area (Å²) in [6.45, 7) is 5.53. The van der Waals surface area contributed by atoms with E-state index in [1.807, 2.05) is 24.3 Å². The van der Waals surface area contributed by atoms with Gasteiger partial charge in [-0.1, -0.05) is 30.2 Å². The van der Waals surface area contributed by atoms with Crippen LogP contribution in [0.2, 0.25) is 5.02 Å². The number of rotatable bonds is 3. The molecule has 0 unspecified atom stereocenters. The fraction of sp³-hybridized carbons (Fsp3) is 0.650. The van der Waals surface area contributed by atoms with E-state index in [2.05, 4.69) is 9.80 Å². The number of amides is 1. The molecule has 3 aliphatic rings. The summed E-state index contributed by atoms with van der Waals surface area (Å²) in [6.07, 6.45) is 5.25. The first-order valence-corrected chi connectivity index (χ1v) is 9.94. The fourth-order valence-corrected chi connectivity index (χ4v) is 4.73. The summed E-state index contributed by atoms with van der Waals surface area (Å²) in [5, 5.41) is 0.733. The van der Waals surface area contributed by atoms with Gasteiger partial charge in [-0.25, -0.2) is 0 Å². The first-order chi connectivity index (χ1) is 12.2. The molecule has 2 aliphatic heterocycles. The van der Waals surface area contributed by atoms with Crippen molar-refractivity contribution in [2.24, 2.45) is 0 Å². The fourth-order valence-electron chi connectivity index (χ4n) is 4.60. The molecule has 4 rings (SSSR count). The molecule has 136 valence electrons. The standard InChI is InChI=1S/C20H27ClN2O2/c21-17-4-2-16(3-5-17)20(8-1-9-20)19(24)23-10-6-18(7-11-23)22-12-14-25-15-13-22/h2-5,18H,1,6-15H2. The van der Waals surface area contributed by atoms with Crippen molar-refractivity contribution < 1.29 is 9.53 Å². The largest absolute Gasteiger partial charge is 0.379 e. The minimum Gasteiger partial charge on any atom is -0.379 e. The minimum absolute atomic E-state index is 0.295. The predicted molar refractivity (Wildman–Crippen MR) is 99.0 cm³/mol. The molecular formula is C20H27ClN2O2. The van der Waals surface area contributed by atoms with Gasteiger partial charge in [0.1, 0.15) is 0 Å². The third-order valence-corrected chi connectivity index (χ3v) is 6.58. The van der Waals surface area contributed by atoms with Crippen LogP contribution in [0.25, 0.3) is 0 Å². The maximum Gasteiger partial charge on any atom is 0.233 e. The second-order valence-electron chi connectivity index (χ2n) is 7.61. The van der Waals surface area contributed by atoms with Crippen molar-refractivity contribution in [3.8, 4) is 0 Å². The summed E-state index contributed by atoms with van der Waals surface area (Å²) in [4.78, 5) is 18.0. The molecule has 0 bridgehead atoms. The number of likely N-dealkylation sites (tertiary alicyclic amines) is 1. The van der Waals surface area contributed by atoms with E-state index in [4.69, 9.17) is 16.3 Å². The molecule has 0 atom stereocenters. The van der Waals surface area contributed by atoms with Crippen molar-refractivity contribution in [3.63, 3.8) is 0 Å². The Balaban J connectivity index is 1.41. The maximum absolute atomic E-state index is 13.3. The van der Waals surface area contributed by atoms with E-state index in [-0.39, 0.29) is 5.41 Å². The number of benzene rings is 1. The van der Waals surface area contributed by atoms with Gasteiger partial charge in [0, 0.05) is 37.2 Å². The van der Waals surface area contributed by atoms with E-state index < -0.39 is 0 Å². The highest BCUT2D eigenvalue weighted by Gasteiger charge is 2.48. The van der Waals surface area contributed by atoms with Gasteiger partial charge in [-0.2, -0.15) is 0 Å². The van der Waals surface area contributed by atoms with Crippen molar-refractivity contribution in [1.82, 2.24) is 9.80 Å². The van der Waals surface area contributed by atoms with Crippen LogP contribution >= 0.6 is 11.6 Å². The Bertz CT molecular complexity index is 601. The predicted octanol–water partition coefficient (Wildman–Crippen LogP) is 3.08. The van der Waals surface area contributed by atoms with Crippen LogP contribution in [0.15, 0.2) is 24.3 Å². The second kappa shape index (κ2) is 7.26. The monoisotopic (exact) mass is 362 g/mol. The number of nitrogens with zero attached hydrogens (tertiary/aromatic N) is 2. The van der Waals surface area contributed by atoms with Crippen LogP contribution in [0, 0.1) is 0 Å². The van der Waals surface area contributed by atoms with Gasteiger partial charge in [0.05, 0.1) is 18.6 Å².